The Morgan fingerprint density at radius 3 is 2.24 bits per heavy atom. The van der Waals surface area contributed by atoms with Crippen molar-refractivity contribution in [2.24, 2.45) is 11.3 Å². The Bertz CT molecular complexity index is 580. The molecule has 1 aliphatic heterocycles. The molecule has 4 heteroatoms. The second kappa shape index (κ2) is 4.86. The van der Waals surface area contributed by atoms with Crippen molar-refractivity contribution in [2.75, 3.05) is 13.1 Å². The maximum Gasteiger partial charge on any atom is 0.307 e. The van der Waals surface area contributed by atoms with Gasteiger partial charge in [0.1, 0.15) is 0 Å². The summed E-state index contributed by atoms with van der Waals surface area (Å²) in [7, 11) is 0. The second-order valence-corrected chi connectivity index (χ2v) is 6.52. The summed E-state index contributed by atoms with van der Waals surface area (Å²) in [5.41, 5.74) is 2.80. The molecule has 1 atom stereocenters. The summed E-state index contributed by atoms with van der Waals surface area (Å²) < 4.78 is 0. The van der Waals surface area contributed by atoms with Gasteiger partial charge in [-0.15, -0.1) is 0 Å². The highest BCUT2D eigenvalue weighted by molar-refractivity contribution is 5.97. The van der Waals surface area contributed by atoms with E-state index in [1.807, 2.05) is 36.9 Å². The molecule has 0 radical (unpaired) electrons. The normalized spacial score (nSPS) is 23.1. The van der Waals surface area contributed by atoms with Crippen molar-refractivity contribution < 1.29 is 14.7 Å². The summed E-state index contributed by atoms with van der Waals surface area (Å²) in [6.45, 7) is 5.28. The summed E-state index contributed by atoms with van der Waals surface area (Å²) in [6.07, 6.45) is 2.43. The third-order valence-electron chi connectivity index (χ3n) is 5.23. The van der Waals surface area contributed by atoms with Gasteiger partial charge < -0.3 is 10.0 Å². The van der Waals surface area contributed by atoms with Crippen LogP contribution in [0.4, 0.5) is 0 Å². The van der Waals surface area contributed by atoms with E-state index in [0.717, 1.165) is 36.0 Å². The summed E-state index contributed by atoms with van der Waals surface area (Å²) in [5, 5.41) is 9.12. The Morgan fingerprint density at radius 2 is 1.76 bits per heavy atom. The molecule has 1 aromatic rings. The molecule has 1 N–H and O–H groups in total. The monoisotopic (exact) mass is 287 g/mol. The quantitative estimate of drug-likeness (QED) is 0.909. The summed E-state index contributed by atoms with van der Waals surface area (Å²) in [5.74, 6) is -0.771. The summed E-state index contributed by atoms with van der Waals surface area (Å²) in [4.78, 5) is 25.7. The van der Waals surface area contributed by atoms with Gasteiger partial charge in [-0.05, 0) is 49.7 Å². The lowest BCUT2D eigenvalue weighted by atomic mass is 9.90. The number of carbonyl (C=O) groups excluding carboxylic acids is 1. The fraction of sp³-hybridized carbons (Fsp3) is 0.529. The Labute approximate surface area is 124 Å². The van der Waals surface area contributed by atoms with Gasteiger partial charge in [-0.3, -0.25) is 9.59 Å². The molecule has 1 aromatic carbocycles. The molecule has 2 aliphatic rings. The van der Waals surface area contributed by atoms with Gasteiger partial charge in [0, 0.05) is 18.7 Å². The van der Waals surface area contributed by atoms with Crippen molar-refractivity contribution in [1.29, 1.82) is 0 Å². The van der Waals surface area contributed by atoms with Crippen LogP contribution in [0.25, 0.3) is 0 Å². The highest BCUT2D eigenvalue weighted by Crippen LogP contribution is 2.59. The first kappa shape index (κ1) is 14.1. The van der Waals surface area contributed by atoms with Crippen molar-refractivity contribution in [1.82, 2.24) is 4.90 Å². The number of carbonyl (C=O) groups is 2. The van der Waals surface area contributed by atoms with Gasteiger partial charge in [0.05, 0.1) is 5.92 Å². The van der Waals surface area contributed by atoms with Crippen molar-refractivity contribution in [3.05, 3.63) is 34.9 Å². The molecule has 1 saturated carbocycles. The highest BCUT2D eigenvalue weighted by atomic mass is 16.4. The van der Waals surface area contributed by atoms with Crippen LogP contribution < -0.4 is 0 Å². The lowest BCUT2D eigenvalue weighted by molar-refractivity contribution is -0.139. The molecular weight excluding hydrogens is 266 g/mol. The molecule has 21 heavy (non-hydrogen) atoms. The number of amides is 1. The van der Waals surface area contributed by atoms with Crippen LogP contribution >= 0.6 is 0 Å². The number of benzene rings is 1. The number of rotatable bonds is 2. The number of carboxylic acids is 1. The van der Waals surface area contributed by atoms with E-state index < -0.39 is 5.97 Å². The van der Waals surface area contributed by atoms with E-state index in [2.05, 4.69) is 0 Å². The van der Waals surface area contributed by atoms with E-state index in [-0.39, 0.29) is 17.2 Å². The number of piperidine rings is 1. The fourth-order valence-corrected chi connectivity index (χ4v) is 3.71. The number of hydrogen-bond acceptors (Lipinski definition) is 2. The molecule has 112 valence electrons. The zero-order valence-electron chi connectivity index (χ0n) is 12.6. The number of aliphatic carboxylic acids is 1. The minimum Gasteiger partial charge on any atom is -0.481 e. The average Bonchev–Trinajstić information content (AvgIpc) is 3.13. The Hall–Kier alpha value is -1.84. The Kier molecular flexibility index (Phi) is 3.27. The van der Waals surface area contributed by atoms with Crippen LogP contribution in [0.2, 0.25) is 0 Å². The minimum atomic E-state index is -0.676. The van der Waals surface area contributed by atoms with Crippen LogP contribution in [0.5, 0.6) is 0 Å². The van der Waals surface area contributed by atoms with Gasteiger partial charge >= 0.3 is 5.97 Å². The first-order chi connectivity index (χ1) is 9.94. The van der Waals surface area contributed by atoms with E-state index in [4.69, 9.17) is 5.11 Å². The predicted molar refractivity (Wildman–Crippen MR) is 79.2 cm³/mol. The van der Waals surface area contributed by atoms with Crippen LogP contribution in [0.15, 0.2) is 18.2 Å². The zero-order chi connectivity index (χ0) is 15.2. The molecule has 0 aromatic heterocycles. The summed E-state index contributed by atoms with van der Waals surface area (Å²) >= 11 is 0. The number of aryl methyl sites for hydroxylation is 2. The standard InChI is InChI=1S/C17H21NO3/c1-11-4-3-5-12(2)14(11)15(19)18-8-6-17(7-9-18)10-13(17)16(20)21/h3-5,13H,6-10H2,1-2H3,(H,20,21). The van der Waals surface area contributed by atoms with Crippen molar-refractivity contribution in [2.45, 2.75) is 33.1 Å². The van der Waals surface area contributed by atoms with E-state index >= 15 is 0 Å². The average molecular weight is 287 g/mol. The summed E-state index contributed by atoms with van der Waals surface area (Å²) in [6, 6.07) is 5.90. The molecule has 3 rings (SSSR count). The zero-order valence-corrected chi connectivity index (χ0v) is 12.6. The van der Waals surface area contributed by atoms with Gasteiger partial charge in [0.25, 0.3) is 5.91 Å². The van der Waals surface area contributed by atoms with Gasteiger partial charge in [-0.2, -0.15) is 0 Å². The van der Waals surface area contributed by atoms with Crippen molar-refractivity contribution >= 4 is 11.9 Å². The third kappa shape index (κ3) is 2.33. The molecule has 1 amide bonds. The first-order valence-corrected chi connectivity index (χ1v) is 7.53. The molecule has 0 bridgehead atoms. The van der Waals surface area contributed by atoms with E-state index in [9.17, 15) is 9.59 Å². The van der Waals surface area contributed by atoms with Crippen LogP contribution in [0.3, 0.4) is 0 Å². The molecule has 2 fully saturated rings. The third-order valence-corrected chi connectivity index (χ3v) is 5.23. The van der Waals surface area contributed by atoms with Gasteiger partial charge in [0.2, 0.25) is 0 Å². The highest BCUT2D eigenvalue weighted by Gasteiger charge is 2.59. The number of likely N-dealkylation sites (tertiary alicyclic amines) is 1. The lowest BCUT2D eigenvalue weighted by Gasteiger charge is -2.33. The van der Waals surface area contributed by atoms with Crippen LogP contribution in [0.1, 0.15) is 40.7 Å². The van der Waals surface area contributed by atoms with Crippen molar-refractivity contribution in [3.63, 3.8) is 0 Å². The Morgan fingerprint density at radius 1 is 1.19 bits per heavy atom. The van der Waals surface area contributed by atoms with Crippen molar-refractivity contribution in [3.8, 4) is 0 Å². The van der Waals surface area contributed by atoms with Gasteiger partial charge in [0.15, 0.2) is 0 Å². The molecular formula is C17H21NO3. The second-order valence-electron chi connectivity index (χ2n) is 6.52. The van der Waals surface area contributed by atoms with E-state index in [0.29, 0.717) is 13.1 Å². The first-order valence-electron chi connectivity index (χ1n) is 7.53. The van der Waals surface area contributed by atoms with E-state index in [1.165, 1.54) is 0 Å². The Balaban J connectivity index is 1.70. The maximum atomic E-state index is 12.7. The lowest BCUT2D eigenvalue weighted by Crippen LogP contribution is -2.40. The maximum absolute atomic E-state index is 12.7. The van der Waals surface area contributed by atoms with Gasteiger partial charge in [-0.1, -0.05) is 18.2 Å². The topological polar surface area (TPSA) is 57.6 Å². The largest absolute Gasteiger partial charge is 0.481 e. The van der Waals surface area contributed by atoms with Gasteiger partial charge in [-0.25, -0.2) is 0 Å². The minimum absolute atomic E-state index is 0.0244. The molecule has 1 heterocycles. The number of hydrogen-bond donors (Lipinski definition) is 1. The number of carboxylic acid groups (broad SMARTS) is 1. The fourth-order valence-electron chi connectivity index (χ4n) is 3.71. The van der Waals surface area contributed by atoms with Crippen LogP contribution in [-0.4, -0.2) is 35.0 Å². The number of nitrogens with zero attached hydrogens (tertiary/aromatic N) is 1. The van der Waals surface area contributed by atoms with Crippen LogP contribution in [0, 0.1) is 25.2 Å². The SMILES string of the molecule is Cc1cccc(C)c1C(=O)N1CCC2(CC1)CC2C(=O)O. The van der Waals surface area contributed by atoms with Crippen LogP contribution in [-0.2, 0) is 4.79 Å². The molecule has 1 spiro atoms. The molecule has 4 nitrogen and oxygen atoms in total. The molecule has 1 aliphatic carbocycles. The van der Waals surface area contributed by atoms with E-state index in [1.54, 1.807) is 0 Å². The predicted octanol–water partition coefficient (Wildman–Crippen LogP) is 2.63. The molecule has 1 unspecified atom stereocenters. The molecule has 1 saturated heterocycles. The smallest absolute Gasteiger partial charge is 0.307 e.